The van der Waals surface area contributed by atoms with E-state index in [2.05, 4.69) is 9.88 Å². The zero-order valence-corrected chi connectivity index (χ0v) is 11.0. The monoisotopic (exact) mass is 272 g/mol. The van der Waals surface area contributed by atoms with E-state index in [0.29, 0.717) is 10.9 Å². The molecule has 104 valence electrons. The Hall–Kier alpha value is -2.14. The first-order valence-corrected chi connectivity index (χ1v) is 6.71. The highest BCUT2D eigenvalue weighted by atomic mass is 16.4. The second-order valence-corrected chi connectivity index (χ2v) is 5.02. The van der Waals surface area contributed by atoms with Gasteiger partial charge in [0.15, 0.2) is 0 Å². The normalized spacial score (nSPS) is 18.6. The van der Waals surface area contributed by atoms with Gasteiger partial charge in [-0.2, -0.15) is 0 Å². The number of carboxylic acids is 1. The number of aromatic carboxylic acids is 1. The van der Waals surface area contributed by atoms with E-state index in [9.17, 15) is 15.0 Å². The van der Waals surface area contributed by atoms with Crippen molar-refractivity contribution in [2.24, 2.45) is 0 Å². The highest BCUT2D eigenvalue weighted by Gasteiger charge is 2.25. The molecule has 0 aliphatic carbocycles. The predicted octanol–water partition coefficient (Wildman–Crippen LogP) is 1.89. The summed E-state index contributed by atoms with van der Waals surface area (Å²) < 4.78 is 0. The molecule has 2 aromatic rings. The van der Waals surface area contributed by atoms with Crippen molar-refractivity contribution in [3.63, 3.8) is 0 Å². The number of hydrogen-bond acceptors (Lipinski definition) is 4. The lowest BCUT2D eigenvalue weighted by Crippen LogP contribution is -2.32. The van der Waals surface area contributed by atoms with Gasteiger partial charge in [0.2, 0.25) is 0 Å². The Labute approximate surface area is 116 Å². The minimum Gasteiger partial charge on any atom is -0.478 e. The summed E-state index contributed by atoms with van der Waals surface area (Å²) in [5.74, 6) is -0.142. The number of rotatable bonds is 3. The third-order valence-electron chi connectivity index (χ3n) is 3.83. The lowest BCUT2D eigenvalue weighted by atomic mass is 10.1. The summed E-state index contributed by atoms with van der Waals surface area (Å²) >= 11 is 0. The van der Waals surface area contributed by atoms with Crippen molar-refractivity contribution in [3.8, 4) is 0 Å². The largest absolute Gasteiger partial charge is 0.478 e. The van der Waals surface area contributed by atoms with Gasteiger partial charge in [-0.1, -0.05) is 6.07 Å². The van der Waals surface area contributed by atoms with E-state index in [1.54, 1.807) is 18.2 Å². The summed E-state index contributed by atoms with van der Waals surface area (Å²) in [5.41, 5.74) is 0.938. The average Bonchev–Trinajstić information content (AvgIpc) is 2.94. The minimum absolute atomic E-state index is 0.114. The van der Waals surface area contributed by atoms with E-state index in [1.165, 1.54) is 0 Å². The van der Waals surface area contributed by atoms with Gasteiger partial charge in [-0.05, 0) is 37.1 Å². The summed E-state index contributed by atoms with van der Waals surface area (Å²) in [4.78, 5) is 17.8. The van der Waals surface area contributed by atoms with E-state index >= 15 is 0 Å². The van der Waals surface area contributed by atoms with Crippen LogP contribution in [0.3, 0.4) is 0 Å². The van der Waals surface area contributed by atoms with Gasteiger partial charge in [-0.15, -0.1) is 0 Å². The van der Waals surface area contributed by atoms with Crippen molar-refractivity contribution in [2.75, 3.05) is 18.1 Å². The fraction of sp³-hybridized carbons (Fsp3) is 0.333. The number of carboxylic acid groups (broad SMARTS) is 1. The van der Waals surface area contributed by atoms with E-state index in [0.717, 1.165) is 25.2 Å². The van der Waals surface area contributed by atoms with Crippen molar-refractivity contribution < 1.29 is 15.0 Å². The van der Waals surface area contributed by atoms with Crippen molar-refractivity contribution in [1.29, 1.82) is 0 Å². The fourth-order valence-electron chi connectivity index (χ4n) is 2.82. The molecule has 0 saturated carbocycles. The van der Waals surface area contributed by atoms with Crippen LogP contribution in [0.1, 0.15) is 23.2 Å². The molecular weight excluding hydrogens is 256 g/mol. The smallest absolute Gasteiger partial charge is 0.336 e. The van der Waals surface area contributed by atoms with Gasteiger partial charge in [-0.3, -0.25) is 0 Å². The summed E-state index contributed by atoms with van der Waals surface area (Å²) in [6.07, 6.45) is 2.01. The van der Waals surface area contributed by atoms with Crippen LogP contribution in [0.2, 0.25) is 0 Å². The molecule has 1 atom stereocenters. The third-order valence-corrected chi connectivity index (χ3v) is 3.83. The number of carbonyl (C=O) groups is 1. The Balaban J connectivity index is 2.05. The van der Waals surface area contributed by atoms with Crippen molar-refractivity contribution in [3.05, 3.63) is 35.9 Å². The zero-order valence-electron chi connectivity index (χ0n) is 11.0. The molecule has 5 heteroatoms. The molecule has 1 aromatic heterocycles. The Kier molecular flexibility index (Phi) is 3.28. The SMILES string of the molecule is O=C(O)c1cccc2nc(N3CCCC3CO)ccc12. The van der Waals surface area contributed by atoms with Crippen LogP contribution in [0, 0.1) is 0 Å². The summed E-state index contributed by atoms with van der Waals surface area (Å²) in [5, 5.41) is 19.2. The summed E-state index contributed by atoms with van der Waals surface area (Å²) in [6, 6.07) is 8.85. The second kappa shape index (κ2) is 5.09. The van der Waals surface area contributed by atoms with Crippen LogP contribution in [0.4, 0.5) is 5.82 Å². The molecule has 0 spiro atoms. The molecule has 1 fully saturated rings. The molecule has 3 rings (SSSR count). The van der Waals surface area contributed by atoms with Gasteiger partial charge in [0, 0.05) is 11.9 Å². The standard InChI is InChI=1S/C15H16N2O3/c18-9-10-3-2-8-17(10)14-7-6-11-12(15(19)20)4-1-5-13(11)16-14/h1,4-7,10,18H,2-3,8-9H2,(H,19,20). The lowest BCUT2D eigenvalue weighted by Gasteiger charge is -2.24. The van der Waals surface area contributed by atoms with E-state index in [1.807, 2.05) is 12.1 Å². The fourth-order valence-corrected chi connectivity index (χ4v) is 2.82. The first-order chi connectivity index (χ1) is 9.70. The molecular formula is C15H16N2O3. The topological polar surface area (TPSA) is 73.7 Å². The minimum atomic E-state index is -0.945. The average molecular weight is 272 g/mol. The predicted molar refractivity (Wildman–Crippen MR) is 76.2 cm³/mol. The van der Waals surface area contributed by atoms with Gasteiger partial charge < -0.3 is 15.1 Å². The van der Waals surface area contributed by atoms with E-state index in [-0.39, 0.29) is 18.2 Å². The number of anilines is 1. The first kappa shape index (κ1) is 12.9. The molecule has 1 aliphatic rings. The maximum Gasteiger partial charge on any atom is 0.336 e. The first-order valence-electron chi connectivity index (χ1n) is 6.71. The number of nitrogens with zero attached hydrogens (tertiary/aromatic N) is 2. The molecule has 2 heterocycles. The lowest BCUT2D eigenvalue weighted by molar-refractivity contribution is 0.0699. The quantitative estimate of drug-likeness (QED) is 0.892. The van der Waals surface area contributed by atoms with Crippen LogP contribution >= 0.6 is 0 Å². The Bertz CT molecular complexity index is 657. The maximum absolute atomic E-state index is 11.2. The molecule has 0 radical (unpaired) electrons. The molecule has 1 aromatic carbocycles. The molecule has 0 amide bonds. The number of aliphatic hydroxyl groups is 1. The van der Waals surface area contributed by atoms with Crippen LogP contribution in [0.5, 0.6) is 0 Å². The van der Waals surface area contributed by atoms with Crippen LogP contribution in [0.25, 0.3) is 10.9 Å². The van der Waals surface area contributed by atoms with Gasteiger partial charge in [0.05, 0.1) is 23.7 Å². The Morgan fingerprint density at radius 3 is 2.95 bits per heavy atom. The highest BCUT2D eigenvalue weighted by molar-refractivity contribution is 6.02. The molecule has 1 aliphatic heterocycles. The van der Waals surface area contributed by atoms with Crippen molar-refractivity contribution in [2.45, 2.75) is 18.9 Å². The van der Waals surface area contributed by atoms with Gasteiger partial charge in [-0.25, -0.2) is 9.78 Å². The summed E-state index contributed by atoms with van der Waals surface area (Å²) in [7, 11) is 0. The molecule has 2 N–H and O–H groups in total. The van der Waals surface area contributed by atoms with Gasteiger partial charge in [0.25, 0.3) is 0 Å². The number of benzene rings is 1. The summed E-state index contributed by atoms with van der Waals surface area (Å²) in [6.45, 7) is 0.997. The third kappa shape index (κ3) is 2.10. The van der Waals surface area contributed by atoms with Crippen LogP contribution < -0.4 is 4.90 Å². The molecule has 0 bridgehead atoms. The Morgan fingerprint density at radius 2 is 2.20 bits per heavy atom. The van der Waals surface area contributed by atoms with Crippen LogP contribution in [0.15, 0.2) is 30.3 Å². The maximum atomic E-state index is 11.2. The number of hydrogen-bond donors (Lipinski definition) is 2. The number of aliphatic hydroxyl groups excluding tert-OH is 1. The number of aromatic nitrogens is 1. The number of pyridine rings is 1. The highest BCUT2D eigenvalue weighted by Crippen LogP contribution is 2.26. The van der Waals surface area contributed by atoms with Crippen molar-refractivity contribution in [1.82, 2.24) is 4.98 Å². The van der Waals surface area contributed by atoms with Gasteiger partial charge in [0.1, 0.15) is 5.82 Å². The van der Waals surface area contributed by atoms with Crippen molar-refractivity contribution >= 4 is 22.7 Å². The van der Waals surface area contributed by atoms with E-state index in [4.69, 9.17) is 0 Å². The van der Waals surface area contributed by atoms with E-state index < -0.39 is 5.97 Å². The molecule has 1 unspecified atom stereocenters. The number of fused-ring (bicyclic) bond motifs is 1. The van der Waals surface area contributed by atoms with Crippen LogP contribution in [-0.4, -0.2) is 40.4 Å². The van der Waals surface area contributed by atoms with Gasteiger partial charge >= 0.3 is 5.97 Å². The Morgan fingerprint density at radius 1 is 1.35 bits per heavy atom. The molecule has 1 saturated heterocycles. The zero-order chi connectivity index (χ0) is 14.1. The second-order valence-electron chi connectivity index (χ2n) is 5.02. The molecule has 20 heavy (non-hydrogen) atoms. The van der Waals surface area contributed by atoms with Crippen LogP contribution in [-0.2, 0) is 0 Å². The molecule has 5 nitrogen and oxygen atoms in total.